The molecule has 5 nitrogen and oxygen atoms in total. The van der Waals surface area contributed by atoms with Gasteiger partial charge in [-0.25, -0.2) is 13.1 Å². The number of hydrogen-bond acceptors (Lipinski definition) is 4. The summed E-state index contributed by atoms with van der Waals surface area (Å²) in [7, 11) is -2.11. The van der Waals surface area contributed by atoms with Gasteiger partial charge in [0.1, 0.15) is 11.5 Å². The van der Waals surface area contributed by atoms with Gasteiger partial charge < -0.3 is 9.47 Å². The minimum atomic E-state index is -3.65. The normalized spacial score (nSPS) is 11.2. The molecule has 0 amide bonds. The van der Waals surface area contributed by atoms with Gasteiger partial charge in [-0.05, 0) is 24.3 Å². The van der Waals surface area contributed by atoms with Crippen molar-refractivity contribution in [1.29, 1.82) is 0 Å². The van der Waals surface area contributed by atoms with Gasteiger partial charge >= 0.3 is 0 Å². The van der Waals surface area contributed by atoms with Crippen molar-refractivity contribution in [2.45, 2.75) is 4.90 Å². The van der Waals surface area contributed by atoms with E-state index in [0.29, 0.717) is 11.5 Å². The maximum absolute atomic E-state index is 12.1. The van der Waals surface area contributed by atoms with Crippen LogP contribution in [0.4, 0.5) is 0 Å². The van der Waals surface area contributed by atoms with Crippen LogP contribution in [0.15, 0.2) is 53.4 Å². The third-order valence-corrected chi connectivity index (χ3v) is 4.81. The number of halogens is 1. The standard InChI is InChI=1S/C15H16ClNO4S/c1-20-13-7-3-4-8-14(13)21-11-10-17-22(18,19)15-9-5-2-6-12(15)16/h2-9,17H,10-11H2,1H3. The first-order valence-electron chi connectivity index (χ1n) is 6.54. The molecule has 0 bridgehead atoms. The first-order valence-corrected chi connectivity index (χ1v) is 8.41. The average Bonchev–Trinajstić information content (AvgIpc) is 2.52. The number of sulfonamides is 1. The quantitative estimate of drug-likeness (QED) is 0.786. The Labute approximate surface area is 134 Å². The highest BCUT2D eigenvalue weighted by Crippen LogP contribution is 2.25. The predicted molar refractivity (Wildman–Crippen MR) is 85.1 cm³/mol. The molecule has 0 fully saturated rings. The van der Waals surface area contributed by atoms with E-state index in [-0.39, 0.29) is 23.1 Å². The fourth-order valence-electron chi connectivity index (χ4n) is 1.82. The molecule has 2 rings (SSSR count). The predicted octanol–water partition coefficient (Wildman–Crippen LogP) is 2.71. The van der Waals surface area contributed by atoms with E-state index in [0.717, 1.165) is 0 Å². The summed E-state index contributed by atoms with van der Waals surface area (Å²) in [6, 6.07) is 13.4. The molecule has 0 atom stereocenters. The Bertz CT molecular complexity index is 734. The summed E-state index contributed by atoms with van der Waals surface area (Å²) in [5.74, 6) is 1.15. The zero-order chi connectivity index (χ0) is 16.0. The molecule has 0 spiro atoms. The van der Waals surface area contributed by atoms with Gasteiger partial charge in [-0.2, -0.15) is 0 Å². The van der Waals surface area contributed by atoms with Gasteiger partial charge in [0.15, 0.2) is 11.5 Å². The monoisotopic (exact) mass is 341 g/mol. The second kappa shape index (κ2) is 7.49. The van der Waals surface area contributed by atoms with Crippen LogP contribution in [0.25, 0.3) is 0 Å². The lowest BCUT2D eigenvalue weighted by Crippen LogP contribution is -2.28. The molecular formula is C15H16ClNO4S. The Morgan fingerprint density at radius 2 is 1.68 bits per heavy atom. The number of ether oxygens (including phenoxy) is 2. The molecule has 0 unspecified atom stereocenters. The molecule has 0 saturated carbocycles. The number of hydrogen-bond donors (Lipinski definition) is 1. The lowest BCUT2D eigenvalue weighted by Gasteiger charge is -2.11. The van der Waals surface area contributed by atoms with Crippen LogP contribution in [0.1, 0.15) is 0 Å². The van der Waals surface area contributed by atoms with Crippen molar-refractivity contribution >= 4 is 21.6 Å². The van der Waals surface area contributed by atoms with Crippen LogP contribution in [-0.4, -0.2) is 28.7 Å². The van der Waals surface area contributed by atoms with Crippen LogP contribution in [-0.2, 0) is 10.0 Å². The van der Waals surface area contributed by atoms with Crippen molar-refractivity contribution in [2.75, 3.05) is 20.3 Å². The minimum Gasteiger partial charge on any atom is -0.493 e. The zero-order valence-corrected chi connectivity index (χ0v) is 13.5. The lowest BCUT2D eigenvalue weighted by molar-refractivity contribution is 0.299. The number of para-hydroxylation sites is 2. The molecule has 0 aliphatic rings. The maximum atomic E-state index is 12.1. The van der Waals surface area contributed by atoms with Gasteiger partial charge in [-0.15, -0.1) is 0 Å². The van der Waals surface area contributed by atoms with E-state index >= 15 is 0 Å². The first kappa shape index (κ1) is 16.6. The highest BCUT2D eigenvalue weighted by molar-refractivity contribution is 7.89. The number of benzene rings is 2. The molecule has 1 N–H and O–H groups in total. The largest absolute Gasteiger partial charge is 0.493 e. The second-order valence-corrected chi connectivity index (χ2v) is 6.47. The Kier molecular flexibility index (Phi) is 5.65. The molecule has 0 aliphatic carbocycles. The summed E-state index contributed by atoms with van der Waals surface area (Å²) in [5.41, 5.74) is 0. The maximum Gasteiger partial charge on any atom is 0.242 e. The Balaban J connectivity index is 1.92. The van der Waals surface area contributed by atoms with Crippen molar-refractivity contribution < 1.29 is 17.9 Å². The molecule has 22 heavy (non-hydrogen) atoms. The molecule has 0 heterocycles. The molecule has 0 radical (unpaired) electrons. The van der Waals surface area contributed by atoms with Crippen LogP contribution in [0, 0.1) is 0 Å². The van der Waals surface area contributed by atoms with E-state index in [2.05, 4.69) is 4.72 Å². The summed E-state index contributed by atoms with van der Waals surface area (Å²) in [6.07, 6.45) is 0. The fraction of sp³-hybridized carbons (Fsp3) is 0.200. The zero-order valence-electron chi connectivity index (χ0n) is 12.0. The molecule has 0 aromatic heterocycles. The van der Waals surface area contributed by atoms with Crippen molar-refractivity contribution in [3.05, 3.63) is 53.6 Å². The topological polar surface area (TPSA) is 64.6 Å². The lowest BCUT2D eigenvalue weighted by atomic mass is 10.3. The fourth-order valence-corrected chi connectivity index (χ4v) is 3.35. The summed E-state index contributed by atoms with van der Waals surface area (Å²) in [4.78, 5) is 0.0500. The van der Waals surface area contributed by atoms with Gasteiger partial charge in [-0.3, -0.25) is 0 Å². The van der Waals surface area contributed by atoms with E-state index in [1.807, 2.05) is 12.1 Å². The minimum absolute atomic E-state index is 0.0500. The summed E-state index contributed by atoms with van der Waals surface area (Å²) in [6.45, 7) is 0.287. The summed E-state index contributed by atoms with van der Waals surface area (Å²) in [5, 5.41) is 0.181. The van der Waals surface area contributed by atoms with Crippen molar-refractivity contribution in [1.82, 2.24) is 4.72 Å². The third-order valence-electron chi connectivity index (χ3n) is 2.85. The van der Waals surface area contributed by atoms with E-state index in [4.69, 9.17) is 21.1 Å². The Morgan fingerprint density at radius 1 is 1.05 bits per heavy atom. The van der Waals surface area contributed by atoms with Gasteiger partial charge in [0, 0.05) is 6.54 Å². The molecule has 118 valence electrons. The van der Waals surface area contributed by atoms with Crippen molar-refractivity contribution in [3.8, 4) is 11.5 Å². The summed E-state index contributed by atoms with van der Waals surface area (Å²) < 4.78 is 37.3. The Hall–Kier alpha value is -1.76. The Morgan fingerprint density at radius 3 is 2.36 bits per heavy atom. The number of nitrogens with one attached hydrogen (secondary N) is 1. The van der Waals surface area contributed by atoms with E-state index in [1.165, 1.54) is 12.1 Å². The smallest absolute Gasteiger partial charge is 0.242 e. The van der Waals surface area contributed by atoms with E-state index < -0.39 is 10.0 Å². The molecule has 0 saturated heterocycles. The van der Waals surface area contributed by atoms with Crippen LogP contribution in [0.3, 0.4) is 0 Å². The van der Waals surface area contributed by atoms with Crippen LogP contribution >= 0.6 is 11.6 Å². The highest BCUT2D eigenvalue weighted by atomic mass is 35.5. The average molecular weight is 342 g/mol. The molecular weight excluding hydrogens is 326 g/mol. The third kappa shape index (κ3) is 4.13. The molecule has 7 heteroatoms. The SMILES string of the molecule is COc1ccccc1OCCNS(=O)(=O)c1ccccc1Cl. The first-order chi connectivity index (χ1) is 10.5. The van der Waals surface area contributed by atoms with Gasteiger partial charge in [0.25, 0.3) is 0 Å². The van der Waals surface area contributed by atoms with Crippen molar-refractivity contribution in [2.24, 2.45) is 0 Å². The molecule has 2 aromatic rings. The number of methoxy groups -OCH3 is 1. The number of rotatable bonds is 7. The molecule has 2 aromatic carbocycles. The van der Waals surface area contributed by atoms with Gasteiger partial charge in [0.05, 0.1) is 12.1 Å². The molecule has 0 aliphatic heterocycles. The summed E-state index contributed by atoms with van der Waals surface area (Å²) >= 11 is 5.89. The van der Waals surface area contributed by atoms with Crippen LogP contribution < -0.4 is 14.2 Å². The van der Waals surface area contributed by atoms with E-state index in [1.54, 1.807) is 31.4 Å². The highest BCUT2D eigenvalue weighted by Gasteiger charge is 2.16. The van der Waals surface area contributed by atoms with E-state index in [9.17, 15) is 8.42 Å². The van der Waals surface area contributed by atoms with Crippen molar-refractivity contribution in [3.63, 3.8) is 0 Å². The van der Waals surface area contributed by atoms with Crippen LogP contribution in [0.5, 0.6) is 11.5 Å². The van der Waals surface area contributed by atoms with Gasteiger partial charge in [-0.1, -0.05) is 35.9 Å². The van der Waals surface area contributed by atoms with Crippen LogP contribution in [0.2, 0.25) is 5.02 Å². The van der Waals surface area contributed by atoms with Gasteiger partial charge in [0.2, 0.25) is 10.0 Å². The second-order valence-electron chi connectivity index (χ2n) is 4.33.